The first-order chi connectivity index (χ1) is 8.86. The zero-order chi connectivity index (χ0) is 14.5. The first-order valence-electron chi connectivity index (χ1n) is 6.18. The molecule has 0 aliphatic carbocycles. The maximum Gasteiger partial charge on any atom is 0.309 e. The monoisotopic (exact) mass is 268 g/mol. The van der Waals surface area contributed by atoms with Crippen LogP contribution < -0.4 is 5.32 Å². The summed E-state index contributed by atoms with van der Waals surface area (Å²) in [4.78, 5) is 11.9. The maximum atomic E-state index is 11.9. The van der Waals surface area contributed by atoms with Crippen molar-refractivity contribution in [2.75, 3.05) is 6.61 Å². The van der Waals surface area contributed by atoms with Gasteiger partial charge in [-0.05, 0) is 33.1 Å². The molecular formula is C12H20N4O3. The summed E-state index contributed by atoms with van der Waals surface area (Å²) in [5.74, 6) is -0.271. The smallest absolute Gasteiger partial charge is 0.309 e. The van der Waals surface area contributed by atoms with Crippen LogP contribution in [0, 0.1) is 12.3 Å². The molecule has 0 atom stereocenters. The third kappa shape index (κ3) is 4.44. The predicted octanol–water partition coefficient (Wildman–Crippen LogP) is 1.07. The van der Waals surface area contributed by atoms with Crippen molar-refractivity contribution in [2.45, 2.75) is 45.6 Å². The van der Waals surface area contributed by atoms with E-state index in [1.54, 1.807) is 20.8 Å². The molecule has 0 aliphatic rings. The van der Waals surface area contributed by atoms with Gasteiger partial charge in [-0.2, -0.15) is 0 Å². The molecule has 0 aliphatic heterocycles. The molecule has 7 nitrogen and oxygen atoms in total. The Hall–Kier alpha value is -1.76. The zero-order valence-electron chi connectivity index (χ0n) is 11.5. The number of nitrogens with one attached hydrogen (secondary N) is 2. The van der Waals surface area contributed by atoms with E-state index >= 15 is 0 Å². The summed E-state index contributed by atoms with van der Waals surface area (Å²) in [5.41, 5.74) is -0.389. The largest absolute Gasteiger partial charge is 0.417 e. The molecule has 3 N–H and O–H groups in total. The van der Waals surface area contributed by atoms with Gasteiger partial charge in [0.2, 0.25) is 5.89 Å². The lowest BCUT2D eigenvalue weighted by Crippen LogP contribution is -2.49. The minimum Gasteiger partial charge on any atom is -0.417 e. The van der Waals surface area contributed by atoms with Crippen LogP contribution in [-0.4, -0.2) is 39.1 Å². The number of carbonyl (C=O) groups excluding carboxylic acids is 1. The molecule has 0 fully saturated rings. The van der Waals surface area contributed by atoms with E-state index in [2.05, 4.69) is 15.5 Å². The van der Waals surface area contributed by atoms with Crippen LogP contribution in [0.5, 0.6) is 0 Å². The van der Waals surface area contributed by atoms with E-state index in [0.29, 0.717) is 30.9 Å². The van der Waals surface area contributed by atoms with Crippen LogP contribution >= 0.6 is 0 Å². The molecule has 1 heterocycles. The number of rotatable bonds is 7. The molecule has 1 aromatic rings. The van der Waals surface area contributed by atoms with Gasteiger partial charge in [0.1, 0.15) is 0 Å². The van der Waals surface area contributed by atoms with Gasteiger partial charge in [0, 0.05) is 19.2 Å². The molecule has 0 saturated heterocycles. The third-order valence-corrected chi connectivity index (χ3v) is 2.74. The van der Waals surface area contributed by atoms with Gasteiger partial charge in [-0.15, -0.1) is 10.2 Å². The van der Waals surface area contributed by atoms with Gasteiger partial charge in [-0.3, -0.25) is 4.79 Å². The first kappa shape index (κ1) is 15.3. The van der Waals surface area contributed by atoms with Crippen LogP contribution in [0.25, 0.3) is 0 Å². The van der Waals surface area contributed by atoms with Crippen molar-refractivity contribution in [3.63, 3.8) is 0 Å². The number of nitrogens with zero attached hydrogens (tertiary/aromatic N) is 2. The Labute approximate surface area is 111 Å². The van der Waals surface area contributed by atoms with Gasteiger partial charge < -0.3 is 20.2 Å². The second-order valence-corrected chi connectivity index (χ2v) is 4.86. The fourth-order valence-corrected chi connectivity index (χ4v) is 1.53. The summed E-state index contributed by atoms with van der Waals surface area (Å²) in [6.07, 6.45) is 1.89. The van der Waals surface area contributed by atoms with Crippen molar-refractivity contribution in [1.29, 1.82) is 5.41 Å². The minimum atomic E-state index is -0.783. The van der Waals surface area contributed by atoms with E-state index in [9.17, 15) is 4.79 Å². The topological polar surface area (TPSA) is 112 Å². The van der Waals surface area contributed by atoms with E-state index in [4.69, 9.17) is 14.9 Å². The number of carbonyl (C=O) groups is 1. The normalized spacial score (nSPS) is 11.4. The third-order valence-electron chi connectivity index (χ3n) is 2.74. The lowest BCUT2D eigenvalue weighted by molar-refractivity contribution is 0.0894. The highest BCUT2D eigenvalue weighted by atomic mass is 16.4. The molecule has 0 unspecified atom stereocenters. The molecule has 7 heteroatoms. The molecule has 19 heavy (non-hydrogen) atoms. The molecule has 0 spiro atoms. The first-order valence-corrected chi connectivity index (χ1v) is 6.18. The maximum absolute atomic E-state index is 11.9. The fourth-order valence-electron chi connectivity index (χ4n) is 1.53. The van der Waals surface area contributed by atoms with Crippen molar-refractivity contribution in [2.24, 2.45) is 0 Å². The van der Waals surface area contributed by atoms with Crippen LogP contribution in [-0.2, 0) is 0 Å². The van der Waals surface area contributed by atoms with Gasteiger partial charge in [0.15, 0.2) is 0 Å². The van der Waals surface area contributed by atoms with Gasteiger partial charge in [0.25, 0.3) is 0 Å². The summed E-state index contributed by atoms with van der Waals surface area (Å²) in [6, 6.07) is 0. The van der Waals surface area contributed by atoms with Crippen LogP contribution in [0.3, 0.4) is 0 Å². The number of aryl methyl sites for hydroxylation is 1. The van der Waals surface area contributed by atoms with Gasteiger partial charge >= 0.3 is 11.8 Å². The highest BCUT2D eigenvalue weighted by molar-refractivity contribution is 5.97. The SMILES string of the molecule is Cc1nnc(C(=O)NC(C)(C)C(=N)CCCCO)o1. The number of hydrogen-bond donors (Lipinski definition) is 3. The Balaban J connectivity index is 2.58. The van der Waals surface area contributed by atoms with Crippen molar-refractivity contribution in [1.82, 2.24) is 15.5 Å². The summed E-state index contributed by atoms with van der Waals surface area (Å²) < 4.78 is 5.03. The highest BCUT2D eigenvalue weighted by Gasteiger charge is 2.27. The van der Waals surface area contributed by atoms with Crippen molar-refractivity contribution < 1.29 is 14.3 Å². The summed E-state index contributed by atoms with van der Waals surface area (Å²) in [5, 5.41) is 26.6. The van der Waals surface area contributed by atoms with Gasteiger partial charge in [0.05, 0.1) is 5.54 Å². The molecule has 106 valence electrons. The van der Waals surface area contributed by atoms with Gasteiger partial charge in [-0.1, -0.05) is 0 Å². The molecule has 0 bridgehead atoms. The highest BCUT2D eigenvalue weighted by Crippen LogP contribution is 2.11. The Morgan fingerprint density at radius 2 is 2.11 bits per heavy atom. The number of hydrogen-bond acceptors (Lipinski definition) is 6. The lowest BCUT2D eigenvalue weighted by atomic mass is 9.94. The summed E-state index contributed by atoms with van der Waals surface area (Å²) in [7, 11) is 0. The molecule has 1 aromatic heterocycles. The van der Waals surface area contributed by atoms with Crippen molar-refractivity contribution in [3.8, 4) is 0 Å². The minimum absolute atomic E-state index is 0.103. The number of aliphatic hydroxyl groups is 1. The number of amides is 1. The fraction of sp³-hybridized carbons (Fsp3) is 0.667. The van der Waals surface area contributed by atoms with Crippen LogP contribution in [0.2, 0.25) is 0 Å². The summed E-state index contributed by atoms with van der Waals surface area (Å²) in [6.45, 7) is 5.21. The molecule has 1 amide bonds. The van der Waals surface area contributed by atoms with Crippen LogP contribution in [0.1, 0.15) is 49.7 Å². The Kier molecular flexibility index (Phi) is 5.17. The van der Waals surface area contributed by atoms with Crippen molar-refractivity contribution in [3.05, 3.63) is 11.8 Å². The Bertz CT molecular complexity index is 454. The molecule has 0 aromatic carbocycles. The standard InChI is InChI=1S/C12H20N4O3/c1-8-15-16-11(19-8)10(18)14-12(2,3)9(13)6-4-5-7-17/h13,17H,4-7H2,1-3H3,(H,14,18). The van der Waals surface area contributed by atoms with E-state index in [0.717, 1.165) is 0 Å². The molecule has 0 radical (unpaired) electrons. The Morgan fingerprint density at radius 3 is 2.63 bits per heavy atom. The second kappa shape index (κ2) is 6.42. The van der Waals surface area contributed by atoms with Crippen molar-refractivity contribution >= 4 is 11.6 Å². The van der Waals surface area contributed by atoms with E-state index < -0.39 is 11.4 Å². The van der Waals surface area contributed by atoms with E-state index in [-0.39, 0.29) is 12.5 Å². The lowest BCUT2D eigenvalue weighted by Gasteiger charge is -2.26. The summed E-state index contributed by atoms with van der Waals surface area (Å²) >= 11 is 0. The van der Waals surface area contributed by atoms with E-state index in [1.807, 2.05) is 0 Å². The number of unbranched alkanes of at least 4 members (excludes halogenated alkanes) is 1. The average molecular weight is 268 g/mol. The number of aromatic nitrogens is 2. The quantitative estimate of drug-likeness (QED) is 0.506. The van der Waals surface area contributed by atoms with Crippen LogP contribution in [0.4, 0.5) is 0 Å². The van der Waals surface area contributed by atoms with Crippen LogP contribution in [0.15, 0.2) is 4.42 Å². The predicted molar refractivity (Wildman–Crippen MR) is 69.2 cm³/mol. The zero-order valence-corrected chi connectivity index (χ0v) is 11.5. The number of aliphatic hydroxyl groups excluding tert-OH is 1. The second-order valence-electron chi connectivity index (χ2n) is 4.86. The average Bonchev–Trinajstić information content (AvgIpc) is 2.75. The van der Waals surface area contributed by atoms with E-state index in [1.165, 1.54) is 0 Å². The van der Waals surface area contributed by atoms with Gasteiger partial charge in [-0.25, -0.2) is 0 Å². The Morgan fingerprint density at radius 1 is 1.42 bits per heavy atom. The molecule has 1 rings (SSSR count). The molecular weight excluding hydrogens is 248 g/mol. The molecule has 0 saturated carbocycles.